The monoisotopic (exact) mass is 547 g/mol. The zero-order chi connectivity index (χ0) is 26.7. The van der Waals surface area contributed by atoms with Crippen LogP contribution in [0.1, 0.15) is 113 Å². The molecule has 0 aromatic heterocycles. The molecule has 4 nitrogen and oxygen atoms in total. The Morgan fingerprint density at radius 2 is 1.38 bits per heavy atom. The molecule has 0 saturated carbocycles. The number of rotatable bonds is 19. The molecular weight excluding hydrogens is 505 g/mol. The highest BCUT2D eigenvalue weighted by molar-refractivity contribution is 6.36. The number of aliphatic imine (C=N–C) groups is 1. The standard InChI is InChI=1S/C31H43Cl2NO3/c1-3-4-5-6-7-8-9-10-11-12-13-14-15-16-21-34-24-25-17-20-29(30(22-25)36-2)37-31(35)27-19-18-26(32)23-28(27)33/h17-20,22-24H,3-16,21H2,1-2H3. The van der Waals surface area contributed by atoms with Gasteiger partial charge in [-0.2, -0.15) is 0 Å². The molecule has 6 heteroatoms. The summed E-state index contributed by atoms with van der Waals surface area (Å²) in [4.78, 5) is 17.1. The third-order valence-electron chi connectivity index (χ3n) is 6.42. The van der Waals surface area contributed by atoms with Crippen LogP contribution in [0, 0.1) is 0 Å². The number of halogens is 2. The zero-order valence-corrected chi connectivity index (χ0v) is 24.1. The van der Waals surface area contributed by atoms with Gasteiger partial charge in [0.15, 0.2) is 11.5 Å². The van der Waals surface area contributed by atoms with E-state index in [2.05, 4.69) is 11.9 Å². The molecule has 2 aromatic carbocycles. The number of ether oxygens (including phenoxy) is 2. The van der Waals surface area contributed by atoms with Crippen molar-refractivity contribution in [2.45, 2.75) is 96.8 Å². The van der Waals surface area contributed by atoms with E-state index in [9.17, 15) is 4.79 Å². The molecule has 0 N–H and O–H groups in total. The van der Waals surface area contributed by atoms with Gasteiger partial charge in [0.05, 0.1) is 17.7 Å². The van der Waals surface area contributed by atoms with Gasteiger partial charge in [-0.15, -0.1) is 0 Å². The number of hydrogen-bond acceptors (Lipinski definition) is 4. The first-order valence-corrected chi connectivity index (χ1v) is 14.7. The summed E-state index contributed by atoms with van der Waals surface area (Å²) in [5.74, 6) is 0.209. The highest BCUT2D eigenvalue weighted by atomic mass is 35.5. The maximum atomic E-state index is 12.5. The van der Waals surface area contributed by atoms with E-state index in [0.29, 0.717) is 16.5 Å². The van der Waals surface area contributed by atoms with Crippen LogP contribution in [0.2, 0.25) is 10.0 Å². The first kappa shape index (κ1) is 31.2. The van der Waals surface area contributed by atoms with Gasteiger partial charge in [-0.1, -0.05) is 114 Å². The third kappa shape index (κ3) is 12.8. The van der Waals surface area contributed by atoms with E-state index in [1.54, 1.807) is 18.2 Å². The minimum Gasteiger partial charge on any atom is -0.493 e. The van der Waals surface area contributed by atoms with E-state index in [-0.39, 0.29) is 10.6 Å². The van der Waals surface area contributed by atoms with E-state index in [1.807, 2.05) is 12.3 Å². The van der Waals surface area contributed by atoms with Crippen LogP contribution in [0.5, 0.6) is 11.5 Å². The quantitative estimate of drug-likeness (QED) is 0.0759. The molecule has 0 spiro atoms. The average Bonchev–Trinajstić information content (AvgIpc) is 2.89. The van der Waals surface area contributed by atoms with Crippen LogP contribution in [0.25, 0.3) is 0 Å². The molecule has 0 fully saturated rings. The maximum absolute atomic E-state index is 12.5. The second kappa shape index (κ2) is 19.1. The maximum Gasteiger partial charge on any atom is 0.345 e. The number of hydrogen-bond donors (Lipinski definition) is 0. The van der Waals surface area contributed by atoms with E-state index >= 15 is 0 Å². The van der Waals surface area contributed by atoms with Crippen molar-refractivity contribution in [1.29, 1.82) is 0 Å². The summed E-state index contributed by atoms with van der Waals surface area (Å²) in [6, 6.07) is 10.0. The van der Waals surface area contributed by atoms with Gasteiger partial charge in [-0.05, 0) is 48.4 Å². The predicted octanol–water partition coefficient (Wildman–Crippen LogP) is 10.1. The first-order chi connectivity index (χ1) is 18.0. The number of carbonyl (C=O) groups excluding carboxylic acids is 1. The Hall–Kier alpha value is -2.04. The van der Waals surface area contributed by atoms with Gasteiger partial charge in [0.1, 0.15) is 0 Å². The first-order valence-electron chi connectivity index (χ1n) is 13.9. The van der Waals surface area contributed by atoms with Gasteiger partial charge in [-0.25, -0.2) is 4.79 Å². The molecule has 37 heavy (non-hydrogen) atoms. The van der Waals surface area contributed by atoms with Crippen LogP contribution >= 0.6 is 23.2 Å². The molecule has 0 amide bonds. The predicted molar refractivity (Wildman–Crippen MR) is 157 cm³/mol. The number of benzene rings is 2. The van der Waals surface area contributed by atoms with Gasteiger partial charge < -0.3 is 9.47 Å². The van der Waals surface area contributed by atoms with Crippen molar-refractivity contribution in [3.05, 3.63) is 57.6 Å². The van der Waals surface area contributed by atoms with Gasteiger partial charge in [0.25, 0.3) is 0 Å². The number of carbonyl (C=O) groups is 1. The fourth-order valence-corrected chi connectivity index (χ4v) is 4.71. The zero-order valence-electron chi connectivity index (χ0n) is 22.6. The number of unbranched alkanes of at least 4 members (excludes halogenated alkanes) is 13. The highest BCUT2D eigenvalue weighted by Crippen LogP contribution is 2.30. The number of nitrogens with zero attached hydrogens (tertiary/aromatic N) is 1. The van der Waals surface area contributed by atoms with E-state index in [0.717, 1.165) is 18.5 Å². The van der Waals surface area contributed by atoms with Crippen LogP contribution in [0.3, 0.4) is 0 Å². The summed E-state index contributed by atoms with van der Waals surface area (Å²) in [5, 5.41) is 0.695. The Kier molecular flexibility index (Phi) is 16.1. The summed E-state index contributed by atoms with van der Waals surface area (Å²) in [6.45, 7) is 3.09. The van der Waals surface area contributed by atoms with Gasteiger partial charge in [0.2, 0.25) is 0 Å². The topological polar surface area (TPSA) is 47.9 Å². The van der Waals surface area contributed by atoms with Gasteiger partial charge >= 0.3 is 5.97 Å². The lowest BCUT2D eigenvalue weighted by Gasteiger charge is -2.10. The van der Waals surface area contributed by atoms with Crippen molar-refractivity contribution < 1.29 is 14.3 Å². The molecule has 0 aliphatic rings. The highest BCUT2D eigenvalue weighted by Gasteiger charge is 2.16. The molecule has 204 valence electrons. The van der Waals surface area contributed by atoms with E-state index in [1.165, 1.54) is 103 Å². The molecule has 2 rings (SSSR count). The lowest BCUT2D eigenvalue weighted by molar-refractivity contribution is 0.0730. The van der Waals surface area contributed by atoms with Crippen molar-refractivity contribution in [3.63, 3.8) is 0 Å². The molecule has 2 aromatic rings. The molecular formula is C31H43Cl2NO3. The van der Waals surface area contributed by atoms with Crippen molar-refractivity contribution in [2.24, 2.45) is 4.99 Å². The van der Waals surface area contributed by atoms with Gasteiger partial charge in [-0.3, -0.25) is 4.99 Å². The van der Waals surface area contributed by atoms with Crippen LogP contribution in [0.15, 0.2) is 41.4 Å². The van der Waals surface area contributed by atoms with Crippen molar-refractivity contribution in [1.82, 2.24) is 0 Å². The summed E-state index contributed by atoms with van der Waals surface area (Å²) in [7, 11) is 1.54. The summed E-state index contributed by atoms with van der Waals surface area (Å²) < 4.78 is 10.9. The fraction of sp³-hybridized carbons (Fsp3) is 0.548. The number of methoxy groups -OCH3 is 1. The Bertz CT molecular complexity index is 961. The van der Waals surface area contributed by atoms with Crippen molar-refractivity contribution in [3.8, 4) is 11.5 Å². The molecule has 0 saturated heterocycles. The molecule has 0 aliphatic carbocycles. The minimum atomic E-state index is -0.570. The summed E-state index contributed by atoms with van der Waals surface area (Å²) >= 11 is 12.0. The largest absolute Gasteiger partial charge is 0.493 e. The Balaban J connectivity index is 1.61. The van der Waals surface area contributed by atoms with Crippen molar-refractivity contribution >= 4 is 35.4 Å². The summed E-state index contributed by atoms with van der Waals surface area (Å²) in [5.41, 5.74) is 1.14. The number of esters is 1. The second-order valence-electron chi connectivity index (χ2n) is 9.56. The molecule has 0 bridgehead atoms. The molecule has 0 aliphatic heterocycles. The normalized spacial score (nSPS) is 11.2. The third-order valence-corrected chi connectivity index (χ3v) is 6.97. The fourth-order valence-electron chi connectivity index (χ4n) is 4.23. The van der Waals surface area contributed by atoms with E-state index < -0.39 is 5.97 Å². The Labute approximate surface area is 233 Å². The molecule has 0 atom stereocenters. The smallest absolute Gasteiger partial charge is 0.345 e. The van der Waals surface area contributed by atoms with Crippen LogP contribution in [-0.2, 0) is 0 Å². The van der Waals surface area contributed by atoms with E-state index in [4.69, 9.17) is 32.7 Å². The SMILES string of the molecule is CCCCCCCCCCCCCCCCN=Cc1ccc(OC(=O)c2ccc(Cl)cc2Cl)c(OC)c1. The van der Waals surface area contributed by atoms with Gasteiger partial charge in [0, 0.05) is 17.8 Å². The lowest BCUT2D eigenvalue weighted by Crippen LogP contribution is -2.10. The Morgan fingerprint density at radius 3 is 1.95 bits per heavy atom. The molecule has 0 heterocycles. The second-order valence-corrected chi connectivity index (χ2v) is 10.4. The van der Waals surface area contributed by atoms with Crippen LogP contribution in [-0.4, -0.2) is 25.8 Å². The lowest BCUT2D eigenvalue weighted by atomic mass is 10.0. The average molecular weight is 549 g/mol. The molecule has 0 unspecified atom stereocenters. The molecule has 0 radical (unpaired) electrons. The minimum absolute atomic E-state index is 0.240. The van der Waals surface area contributed by atoms with Crippen LogP contribution in [0.4, 0.5) is 0 Å². The van der Waals surface area contributed by atoms with Crippen molar-refractivity contribution in [2.75, 3.05) is 13.7 Å². The Morgan fingerprint density at radius 1 is 0.784 bits per heavy atom. The summed E-state index contributed by atoms with van der Waals surface area (Å²) in [6.07, 6.45) is 20.7. The van der Waals surface area contributed by atoms with Crippen LogP contribution < -0.4 is 9.47 Å².